The number of rotatable bonds is 7. The van der Waals surface area contributed by atoms with Crippen molar-refractivity contribution in [1.82, 2.24) is 0 Å². The van der Waals surface area contributed by atoms with Crippen molar-refractivity contribution in [2.24, 2.45) is 0 Å². The SMILES string of the molecule is Br[Si](Br)(CCCC[Si](Br)(Br)c1ccccc1)c1ccccc1. The van der Waals surface area contributed by atoms with Crippen molar-refractivity contribution in [1.29, 1.82) is 0 Å². The molecule has 0 aliphatic heterocycles. The van der Waals surface area contributed by atoms with Crippen LogP contribution in [0.5, 0.6) is 0 Å². The Labute approximate surface area is 166 Å². The molecule has 2 aromatic rings. The Kier molecular flexibility index (Phi) is 7.62. The highest BCUT2D eigenvalue weighted by Gasteiger charge is 2.31. The summed E-state index contributed by atoms with van der Waals surface area (Å²) in [5.41, 5.74) is 0. The fourth-order valence-corrected chi connectivity index (χ4v) is 12.2. The summed E-state index contributed by atoms with van der Waals surface area (Å²) in [5, 5.41) is -0.459. The minimum absolute atomic E-state index is 1.20. The van der Waals surface area contributed by atoms with Gasteiger partial charge in [0.2, 0.25) is 10.6 Å². The van der Waals surface area contributed by atoms with E-state index in [1.807, 2.05) is 0 Å². The van der Waals surface area contributed by atoms with Crippen LogP contribution in [0.3, 0.4) is 0 Å². The predicted molar refractivity (Wildman–Crippen MR) is 118 cm³/mol. The molecule has 2 rings (SSSR count). The first-order valence-corrected chi connectivity index (χ1v) is 20.7. The zero-order chi connectivity index (χ0) is 16.1. The minimum Gasteiger partial charge on any atom is -0.105 e. The highest BCUT2D eigenvalue weighted by Crippen LogP contribution is 2.31. The molecule has 118 valence electrons. The topological polar surface area (TPSA) is 0 Å². The third kappa shape index (κ3) is 5.70. The van der Waals surface area contributed by atoms with Gasteiger partial charge in [-0.1, -0.05) is 73.5 Å². The second-order valence-corrected chi connectivity index (χ2v) is 33.0. The van der Waals surface area contributed by atoms with Gasteiger partial charge in [0.15, 0.2) is 0 Å². The van der Waals surface area contributed by atoms with Gasteiger partial charge in [0.25, 0.3) is 0 Å². The molecule has 0 saturated carbocycles. The highest BCUT2D eigenvalue weighted by atomic mass is 79.9. The van der Waals surface area contributed by atoms with Crippen molar-refractivity contribution >= 4 is 82.2 Å². The van der Waals surface area contributed by atoms with Crippen molar-refractivity contribution in [3.8, 4) is 0 Å². The molecule has 2 aromatic carbocycles. The molecule has 0 aromatic heterocycles. The average Bonchev–Trinajstić information content (AvgIpc) is 2.53. The van der Waals surface area contributed by atoms with Gasteiger partial charge in [-0.05, 0) is 22.5 Å². The molecular weight excluding hydrogens is 568 g/mol. The monoisotopic (exact) mass is 582 g/mol. The smallest absolute Gasteiger partial charge is 0.105 e. The van der Waals surface area contributed by atoms with E-state index in [1.54, 1.807) is 0 Å². The number of hydrogen-bond donors (Lipinski definition) is 0. The summed E-state index contributed by atoms with van der Waals surface area (Å²) in [5.74, 6) is 0. The molecule has 0 radical (unpaired) electrons. The van der Waals surface area contributed by atoms with Crippen molar-refractivity contribution in [2.75, 3.05) is 0 Å². The summed E-state index contributed by atoms with van der Waals surface area (Å²) in [4.78, 5) is 0. The van der Waals surface area contributed by atoms with E-state index in [2.05, 4.69) is 122 Å². The van der Waals surface area contributed by atoms with Crippen LogP contribution >= 0.6 is 61.2 Å². The van der Waals surface area contributed by atoms with Gasteiger partial charge in [-0.3, -0.25) is 0 Å². The van der Waals surface area contributed by atoms with Gasteiger partial charge in [-0.25, -0.2) is 0 Å². The van der Waals surface area contributed by atoms with Gasteiger partial charge in [-0.15, -0.1) is 61.2 Å². The Bertz CT molecular complexity index is 520. The Hall–Kier alpha value is 0.794. The van der Waals surface area contributed by atoms with Crippen LogP contribution < -0.4 is 10.4 Å². The molecule has 0 nitrogen and oxygen atoms in total. The van der Waals surface area contributed by atoms with Gasteiger partial charge in [0.1, 0.15) is 0 Å². The van der Waals surface area contributed by atoms with Crippen LogP contribution in [0.2, 0.25) is 12.1 Å². The van der Waals surface area contributed by atoms with E-state index in [4.69, 9.17) is 0 Å². The van der Waals surface area contributed by atoms with Crippen LogP contribution in [-0.4, -0.2) is 10.6 Å². The van der Waals surface area contributed by atoms with E-state index in [0.717, 1.165) is 0 Å². The van der Waals surface area contributed by atoms with Gasteiger partial charge < -0.3 is 0 Å². The lowest BCUT2D eigenvalue weighted by atomic mass is 10.4. The Morgan fingerprint density at radius 3 is 1.18 bits per heavy atom. The Morgan fingerprint density at radius 2 is 0.864 bits per heavy atom. The molecule has 0 N–H and O–H groups in total. The third-order valence-electron chi connectivity index (χ3n) is 3.62. The van der Waals surface area contributed by atoms with E-state index in [1.165, 1.54) is 35.3 Å². The van der Waals surface area contributed by atoms with Crippen LogP contribution in [0.1, 0.15) is 12.8 Å². The minimum atomic E-state index is -1.65. The first kappa shape index (κ1) is 19.1. The van der Waals surface area contributed by atoms with E-state index in [0.29, 0.717) is 0 Å². The molecule has 0 bridgehead atoms. The normalized spacial score (nSPS) is 12.4. The van der Waals surface area contributed by atoms with Crippen molar-refractivity contribution in [3.63, 3.8) is 0 Å². The molecule has 6 heteroatoms. The van der Waals surface area contributed by atoms with Gasteiger partial charge in [0.05, 0.1) is 0 Å². The first-order valence-electron chi connectivity index (χ1n) is 7.28. The predicted octanol–water partition coefficient (Wildman–Crippen LogP) is 6.05. The lowest BCUT2D eigenvalue weighted by Gasteiger charge is -2.21. The number of unbranched alkanes of at least 4 members (excludes halogenated alkanes) is 1. The van der Waals surface area contributed by atoms with Gasteiger partial charge in [-0.2, -0.15) is 0 Å². The lowest BCUT2D eigenvalue weighted by molar-refractivity contribution is 0.873. The molecule has 0 spiro atoms. The maximum absolute atomic E-state index is 3.96. The number of halogens is 4. The standard InChI is InChI=1S/C16H18Br4Si2/c17-21(18,15-9-3-1-4-10-15)13-7-8-14-22(19,20)16-11-5-2-6-12-16/h1-6,9-12H,7-8,13-14H2. The molecular formula is C16H18Br4Si2. The summed E-state index contributed by atoms with van der Waals surface area (Å²) < 4.78 is 0. The summed E-state index contributed by atoms with van der Waals surface area (Å²) in [6.45, 7) is 0. The second-order valence-electron chi connectivity index (χ2n) is 5.35. The maximum Gasteiger partial charge on any atom is 0.230 e. The third-order valence-corrected chi connectivity index (χ3v) is 18.2. The maximum atomic E-state index is 3.96. The fraction of sp³-hybridized carbons (Fsp3) is 0.250. The van der Waals surface area contributed by atoms with Crippen LogP contribution in [0.15, 0.2) is 60.7 Å². The van der Waals surface area contributed by atoms with Crippen LogP contribution in [0.25, 0.3) is 0 Å². The Morgan fingerprint density at radius 1 is 0.545 bits per heavy atom. The summed E-state index contributed by atoms with van der Waals surface area (Å²) in [7, 11) is 0. The first-order chi connectivity index (χ1) is 10.4. The van der Waals surface area contributed by atoms with E-state index < -0.39 is 10.6 Å². The second kappa shape index (κ2) is 8.76. The van der Waals surface area contributed by atoms with Gasteiger partial charge in [0, 0.05) is 0 Å². The van der Waals surface area contributed by atoms with E-state index in [9.17, 15) is 0 Å². The summed E-state index contributed by atoms with van der Waals surface area (Å²) in [6.07, 6.45) is 2.47. The molecule has 0 aliphatic carbocycles. The van der Waals surface area contributed by atoms with Gasteiger partial charge >= 0.3 is 0 Å². The molecule has 0 aliphatic rings. The number of hydrogen-bond acceptors (Lipinski definition) is 0. The largest absolute Gasteiger partial charge is 0.230 e. The molecule has 0 fully saturated rings. The molecule has 0 amide bonds. The van der Waals surface area contributed by atoms with E-state index in [-0.39, 0.29) is 0 Å². The molecule has 0 heterocycles. The summed E-state index contributed by atoms with van der Waals surface area (Å²) >= 11 is 15.8. The summed E-state index contributed by atoms with van der Waals surface area (Å²) in [6, 6.07) is 23.9. The van der Waals surface area contributed by atoms with Crippen LogP contribution in [0, 0.1) is 0 Å². The molecule has 0 unspecified atom stereocenters. The fourth-order valence-electron chi connectivity index (χ4n) is 2.35. The zero-order valence-electron chi connectivity index (χ0n) is 12.1. The van der Waals surface area contributed by atoms with E-state index >= 15 is 0 Å². The zero-order valence-corrected chi connectivity index (χ0v) is 20.5. The molecule has 22 heavy (non-hydrogen) atoms. The molecule has 0 atom stereocenters. The van der Waals surface area contributed by atoms with Crippen molar-refractivity contribution < 1.29 is 0 Å². The van der Waals surface area contributed by atoms with Crippen molar-refractivity contribution in [3.05, 3.63) is 60.7 Å². The molecule has 0 saturated heterocycles. The highest BCUT2D eigenvalue weighted by molar-refractivity contribution is 9.52. The lowest BCUT2D eigenvalue weighted by Crippen LogP contribution is -2.36. The van der Waals surface area contributed by atoms with Crippen molar-refractivity contribution in [2.45, 2.75) is 24.9 Å². The quantitative estimate of drug-likeness (QED) is 0.211. The van der Waals surface area contributed by atoms with Crippen LogP contribution in [-0.2, 0) is 0 Å². The van der Waals surface area contributed by atoms with Crippen LogP contribution in [0.4, 0.5) is 0 Å². The number of benzene rings is 2. The Balaban J connectivity index is 1.84. The average molecular weight is 586 g/mol.